The lowest BCUT2D eigenvalue weighted by Gasteiger charge is -2.14. The van der Waals surface area contributed by atoms with Gasteiger partial charge in [-0.15, -0.1) is 0 Å². The molecule has 0 aliphatic rings. The van der Waals surface area contributed by atoms with Crippen molar-refractivity contribution < 1.29 is 0 Å². The van der Waals surface area contributed by atoms with E-state index in [0.717, 1.165) is 35.4 Å². The molecule has 0 radical (unpaired) electrons. The molecule has 0 atom stereocenters. The minimum Gasteiger partial charge on any atom is -0.238 e. The van der Waals surface area contributed by atoms with Crippen molar-refractivity contribution in [1.82, 2.24) is 9.97 Å². The van der Waals surface area contributed by atoms with Crippen LogP contribution in [0.3, 0.4) is 0 Å². The molecular weight excluding hydrogens is 252 g/mol. The number of aryl methyl sites for hydroxylation is 1. The maximum atomic E-state index is 4.61. The molecular formula is C12H19BrN2. The van der Waals surface area contributed by atoms with Crippen LogP contribution >= 0.6 is 15.9 Å². The van der Waals surface area contributed by atoms with Crippen LogP contribution in [0, 0.1) is 6.92 Å². The highest BCUT2D eigenvalue weighted by molar-refractivity contribution is 9.10. The van der Waals surface area contributed by atoms with Gasteiger partial charge in [-0.05, 0) is 42.1 Å². The smallest absolute Gasteiger partial charge is 0.132 e. The second-order valence-corrected chi connectivity index (χ2v) is 4.55. The summed E-state index contributed by atoms with van der Waals surface area (Å²) in [6.45, 7) is 8.58. The lowest BCUT2D eigenvalue weighted by atomic mass is 10.0. The molecule has 0 N–H and O–H groups in total. The minimum absolute atomic E-state index is 0.492. The van der Waals surface area contributed by atoms with E-state index >= 15 is 0 Å². The van der Waals surface area contributed by atoms with Crippen molar-refractivity contribution >= 4 is 15.9 Å². The largest absolute Gasteiger partial charge is 0.238 e. The predicted octanol–water partition coefficient (Wildman–Crippen LogP) is 4.01. The molecule has 0 fully saturated rings. The average Bonchev–Trinajstić information content (AvgIpc) is 2.19. The molecule has 84 valence electrons. The Bertz CT molecular complexity index is 309. The van der Waals surface area contributed by atoms with Gasteiger partial charge in [0.2, 0.25) is 0 Å². The number of aromatic nitrogens is 2. The number of hydrogen-bond acceptors (Lipinski definition) is 2. The molecule has 2 nitrogen and oxygen atoms in total. The van der Waals surface area contributed by atoms with Gasteiger partial charge in [-0.1, -0.05) is 20.8 Å². The van der Waals surface area contributed by atoms with Crippen molar-refractivity contribution in [2.24, 2.45) is 0 Å². The Morgan fingerprint density at radius 3 is 2.13 bits per heavy atom. The highest BCUT2D eigenvalue weighted by atomic mass is 79.9. The molecule has 0 aromatic carbocycles. The first-order chi connectivity index (χ1) is 7.13. The normalized spacial score (nSPS) is 11.1. The number of halogens is 1. The van der Waals surface area contributed by atoms with Crippen LogP contribution in [0.25, 0.3) is 0 Å². The van der Waals surface area contributed by atoms with Gasteiger partial charge < -0.3 is 0 Å². The third kappa shape index (κ3) is 2.77. The monoisotopic (exact) mass is 270 g/mol. The maximum Gasteiger partial charge on any atom is 0.132 e. The van der Waals surface area contributed by atoms with Gasteiger partial charge in [0, 0.05) is 17.2 Å². The molecule has 1 heterocycles. The number of nitrogens with zero attached hydrogens (tertiary/aromatic N) is 2. The predicted molar refractivity (Wildman–Crippen MR) is 67.2 cm³/mol. The van der Waals surface area contributed by atoms with E-state index in [1.807, 2.05) is 0 Å². The van der Waals surface area contributed by atoms with Crippen molar-refractivity contribution in [3.05, 3.63) is 21.7 Å². The van der Waals surface area contributed by atoms with Crippen LogP contribution in [0.4, 0.5) is 0 Å². The Morgan fingerprint density at radius 2 is 1.73 bits per heavy atom. The van der Waals surface area contributed by atoms with Gasteiger partial charge in [-0.3, -0.25) is 0 Å². The van der Waals surface area contributed by atoms with Crippen LogP contribution in [-0.4, -0.2) is 9.97 Å². The fourth-order valence-electron chi connectivity index (χ4n) is 1.82. The first kappa shape index (κ1) is 12.6. The Labute approximate surface area is 101 Å². The molecule has 1 aromatic heterocycles. The molecule has 0 saturated heterocycles. The van der Waals surface area contributed by atoms with Crippen molar-refractivity contribution in [2.45, 2.75) is 52.9 Å². The van der Waals surface area contributed by atoms with E-state index in [-0.39, 0.29) is 0 Å². The molecule has 0 unspecified atom stereocenters. The summed E-state index contributed by atoms with van der Waals surface area (Å²) in [5, 5.41) is 0. The van der Waals surface area contributed by atoms with Gasteiger partial charge >= 0.3 is 0 Å². The molecule has 0 spiro atoms. The van der Waals surface area contributed by atoms with Crippen LogP contribution in [-0.2, 0) is 6.42 Å². The Kier molecular flexibility index (Phi) is 4.71. The standard InChI is InChI=1S/C12H19BrN2/c1-5-9(6-2)12-14-8(4)10(7-3)11(13)15-12/h9H,5-7H2,1-4H3. The van der Waals surface area contributed by atoms with E-state index in [1.165, 1.54) is 5.56 Å². The summed E-state index contributed by atoms with van der Waals surface area (Å²) in [7, 11) is 0. The highest BCUT2D eigenvalue weighted by Crippen LogP contribution is 2.24. The van der Waals surface area contributed by atoms with Gasteiger partial charge in [0.05, 0.1) is 0 Å². The van der Waals surface area contributed by atoms with E-state index < -0.39 is 0 Å². The summed E-state index contributed by atoms with van der Waals surface area (Å²) in [6.07, 6.45) is 3.19. The molecule has 1 aromatic rings. The summed E-state index contributed by atoms with van der Waals surface area (Å²) < 4.78 is 0.972. The molecule has 3 heteroatoms. The van der Waals surface area contributed by atoms with Crippen LogP contribution in [0.1, 0.15) is 56.6 Å². The maximum absolute atomic E-state index is 4.61. The molecule has 0 amide bonds. The molecule has 15 heavy (non-hydrogen) atoms. The fourth-order valence-corrected chi connectivity index (χ4v) is 2.57. The highest BCUT2D eigenvalue weighted by Gasteiger charge is 2.14. The first-order valence-corrected chi connectivity index (χ1v) is 6.46. The molecule has 0 bridgehead atoms. The SMILES string of the molecule is CCc1c(C)nc(C(CC)CC)nc1Br. The lowest BCUT2D eigenvalue weighted by Crippen LogP contribution is -2.07. The molecule has 1 rings (SSSR count). The molecule has 0 saturated carbocycles. The zero-order valence-corrected chi connectivity index (χ0v) is 11.6. The topological polar surface area (TPSA) is 25.8 Å². The number of rotatable bonds is 4. The van der Waals surface area contributed by atoms with Crippen molar-refractivity contribution in [3.8, 4) is 0 Å². The summed E-state index contributed by atoms with van der Waals surface area (Å²) >= 11 is 3.53. The third-order valence-electron chi connectivity index (χ3n) is 2.89. The van der Waals surface area contributed by atoms with E-state index in [9.17, 15) is 0 Å². The van der Waals surface area contributed by atoms with Gasteiger partial charge in [0.15, 0.2) is 0 Å². The average molecular weight is 271 g/mol. The first-order valence-electron chi connectivity index (χ1n) is 5.66. The van der Waals surface area contributed by atoms with Gasteiger partial charge in [-0.2, -0.15) is 0 Å². The number of hydrogen-bond donors (Lipinski definition) is 0. The second kappa shape index (κ2) is 5.59. The van der Waals surface area contributed by atoms with Crippen molar-refractivity contribution in [2.75, 3.05) is 0 Å². The van der Waals surface area contributed by atoms with Crippen molar-refractivity contribution in [1.29, 1.82) is 0 Å². The minimum atomic E-state index is 0.492. The summed E-state index contributed by atoms with van der Waals surface area (Å²) in [5.41, 5.74) is 2.34. The second-order valence-electron chi connectivity index (χ2n) is 3.80. The quantitative estimate of drug-likeness (QED) is 0.773. The van der Waals surface area contributed by atoms with Crippen LogP contribution in [0.15, 0.2) is 4.60 Å². The van der Waals surface area contributed by atoms with E-state index in [2.05, 4.69) is 53.6 Å². The van der Waals surface area contributed by atoms with E-state index in [0.29, 0.717) is 5.92 Å². The Hall–Kier alpha value is -0.440. The summed E-state index contributed by atoms with van der Waals surface area (Å²) in [5.74, 6) is 1.48. The molecule has 0 aliphatic heterocycles. The zero-order chi connectivity index (χ0) is 11.4. The Morgan fingerprint density at radius 1 is 1.13 bits per heavy atom. The van der Waals surface area contributed by atoms with E-state index in [4.69, 9.17) is 0 Å². The zero-order valence-electron chi connectivity index (χ0n) is 9.97. The van der Waals surface area contributed by atoms with Crippen LogP contribution in [0.5, 0.6) is 0 Å². The van der Waals surface area contributed by atoms with Crippen molar-refractivity contribution in [3.63, 3.8) is 0 Å². The van der Waals surface area contributed by atoms with E-state index in [1.54, 1.807) is 0 Å². The lowest BCUT2D eigenvalue weighted by molar-refractivity contribution is 0.595. The fraction of sp³-hybridized carbons (Fsp3) is 0.667. The Balaban J connectivity index is 3.12. The summed E-state index contributed by atoms with van der Waals surface area (Å²) in [4.78, 5) is 9.16. The summed E-state index contributed by atoms with van der Waals surface area (Å²) in [6, 6.07) is 0. The third-order valence-corrected chi connectivity index (χ3v) is 3.54. The van der Waals surface area contributed by atoms with Gasteiger partial charge in [0.25, 0.3) is 0 Å². The van der Waals surface area contributed by atoms with Crippen LogP contribution in [0.2, 0.25) is 0 Å². The van der Waals surface area contributed by atoms with Gasteiger partial charge in [0.1, 0.15) is 10.4 Å². The molecule has 0 aliphatic carbocycles. The van der Waals surface area contributed by atoms with Gasteiger partial charge in [-0.25, -0.2) is 9.97 Å². The van der Waals surface area contributed by atoms with Crippen LogP contribution < -0.4 is 0 Å².